The summed E-state index contributed by atoms with van der Waals surface area (Å²) in [6.07, 6.45) is 3.74. The second-order valence-electron chi connectivity index (χ2n) is 5.80. The van der Waals surface area contributed by atoms with Gasteiger partial charge in [-0.2, -0.15) is 0 Å². The maximum atomic E-state index is 13.4. The van der Waals surface area contributed by atoms with Gasteiger partial charge in [0.2, 0.25) is 0 Å². The summed E-state index contributed by atoms with van der Waals surface area (Å²) >= 11 is 0. The molecule has 1 fully saturated rings. The maximum absolute atomic E-state index is 13.4. The Morgan fingerprint density at radius 1 is 1.40 bits per heavy atom. The van der Waals surface area contributed by atoms with Gasteiger partial charge >= 0.3 is 0 Å². The van der Waals surface area contributed by atoms with Gasteiger partial charge < -0.3 is 10.1 Å². The van der Waals surface area contributed by atoms with Crippen molar-refractivity contribution in [2.75, 3.05) is 11.9 Å². The number of halogens is 1. The highest BCUT2D eigenvalue weighted by molar-refractivity contribution is 5.88. The fraction of sp³-hybridized carbons (Fsp3) is 0.467. The first-order valence-corrected chi connectivity index (χ1v) is 6.85. The monoisotopic (exact) mass is 275 g/mol. The molecule has 0 amide bonds. The molecule has 0 aliphatic carbocycles. The number of hydrogen-bond acceptors (Lipinski definition) is 4. The normalized spacial score (nSPS) is 21.2. The average molecular weight is 275 g/mol. The first kappa shape index (κ1) is 13.2. The van der Waals surface area contributed by atoms with Gasteiger partial charge in [0, 0.05) is 11.9 Å². The number of aromatic nitrogens is 2. The van der Waals surface area contributed by atoms with Crippen molar-refractivity contribution in [3.05, 3.63) is 30.3 Å². The quantitative estimate of drug-likeness (QED) is 0.934. The minimum absolute atomic E-state index is 0.0494. The lowest BCUT2D eigenvalue weighted by Crippen LogP contribution is -2.25. The lowest BCUT2D eigenvalue weighted by Gasteiger charge is -2.19. The Labute approximate surface area is 117 Å². The molecule has 0 radical (unpaired) electrons. The number of fused-ring (bicyclic) bond motifs is 1. The van der Waals surface area contributed by atoms with E-state index < -0.39 is 0 Å². The minimum atomic E-state index is -0.284. The molecule has 4 nitrogen and oxygen atoms in total. The molecule has 106 valence electrons. The molecule has 1 aromatic carbocycles. The molecular weight excluding hydrogens is 257 g/mol. The van der Waals surface area contributed by atoms with Crippen LogP contribution in [0.1, 0.15) is 26.7 Å². The third kappa shape index (κ3) is 2.72. The van der Waals surface area contributed by atoms with Crippen LogP contribution in [0.4, 0.5) is 10.2 Å². The van der Waals surface area contributed by atoms with Crippen molar-refractivity contribution in [3.63, 3.8) is 0 Å². The van der Waals surface area contributed by atoms with Gasteiger partial charge in [-0.15, -0.1) is 0 Å². The summed E-state index contributed by atoms with van der Waals surface area (Å²) < 4.78 is 19.3. The SMILES string of the molecule is CC1(C)CCC(CNc2ncnc3ccc(F)cc23)O1. The first-order chi connectivity index (χ1) is 9.53. The molecule has 1 unspecified atom stereocenters. The molecule has 0 bridgehead atoms. The second kappa shape index (κ2) is 4.98. The van der Waals surface area contributed by atoms with E-state index in [9.17, 15) is 4.39 Å². The largest absolute Gasteiger partial charge is 0.371 e. The van der Waals surface area contributed by atoms with Gasteiger partial charge in [0.15, 0.2) is 0 Å². The molecule has 0 saturated carbocycles. The summed E-state index contributed by atoms with van der Waals surface area (Å²) in [7, 11) is 0. The van der Waals surface area contributed by atoms with Crippen molar-refractivity contribution in [1.82, 2.24) is 9.97 Å². The van der Waals surface area contributed by atoms with Gasteiger partial charge in [-0.25, -0.2) is 14.4 Å². The second-order valence-corrected chi connectivity index (χ2v) is 5.80. The average Bonchev–Trinajstić information content (AvgIpc) is 2.76. The summed E-state index contributed by atoms with van der Waals surface area (Å²) in [6, 6.07) is 4.52. The number of nitrogens with zero attached hydrogens (tertiary/aromatic N) is 2. The molecule has 3 rings (SSSR count). The summed E-state index contributed by atoms with van der Waals surface area (Å²) in [5.41, 5.74) is 0.684. The minimum Gasteiger partial charge on any atom is -0.371 e. The highest BCUT2D eigenvalue weighted by Crippen LogP contribution is 2.29. The molecule has 1 aromatic heterocycles. The molecule has 1 N–H and O–H groups in total. The highest BCUT2D eigenvalue weighted by Gasteiger charge is 2.31. The molecule has 1 atom stereocenters. The Morgan fingerprint density at radius 2 is 2.25 bits per heavy atom. The summed E-state index contributed by atoms with van der Waals surface area (Å²) in [6.45, 7) is 4.87. The van der Waals surface area contributed by atoms with Crippen LogP contribution in [-0.4, -0.2) is 28.2 Å². The van der Waals surface area contributed by atoms with Gasteiger partial charge in [-0.1, -0.05) is 0 Å². The third-order valence-corrected chi connectivity index (χ3v) is 3.65. The van der Waals surface area contributed by atoms with E-state index in [2.05, 4.69) is 29.1 Å². The van der Waals surface area contributed by atoms with Crippen molar-refractivity contribution in [3.8, 4) is 0 Å². The van der Waals surface area contributed by atoms with Gasteiger partial charge in [0.05, 0.1) is 17.2 Å². The summed E-state index contributed by atoms with van der Waals surface area (Å²) in [5.74, 6) is 0.372. The molecule has 1 aliphatic heterocycles. The van der Waals surface area contributed by atoms with Crippen LogP contribution >= 0.6 is 0 Å². The topological polar surface area (TPSA) is 47.0 Å². The van der Waals surface area contributed by atoms with E-state index in [1.165, 1.54) is 18.5 Å². The summed E-state index contributed by atoms with van der Waals surface area (Å²) in [5, 5.41) is 3.95. The predicted octanol–water partition coefficient (Wildman–Crippen LogP) is 3.14. The van der Waals surface area contributed by atoms with Gasteiger partial charge in [-0.3, -0.25) is 0 Å². The van der Waals surface area contributed by atoms with Crippen LogP contribution in [0, 0.1) is 5.82 Å². The molecule has 20 heavy (non-hydrogen) atoms. The van der Waals surface area contributed by atoms with Crippen molar-refractivity contribution in [2.24, 2.45) is 0 Å². The molecular formula is C15H18FN3O. The van der Waals surface area contributed by atoms with Crippen molar-refractivity contribution < 1.29 is 9.13 Å². The van der Waals surface area contributed by atoms with E-state index in [-0.39, 0.29) is 17.5 Å². The molecule has 2 aromatic rings. The van der Waals surface area contributed by atoms with E-state index in [1.54, 1.807) is 6.07 Å². The van der Waals surface area contributed by atoms with Gasteiger partial charge in [0.25, 0.3) is 0 Å². The zero-order chi connectivity index (χ0) is 14.2. The molecule has 1 aliphatic rings. The van der Waals surface area contributed by atoms with Crippen LogP contribution in [0.5, 0.6) is 0 Å². The van der Waals surface area contributed by atoms with Crippen molar-refractivity contribution in [2.45, 2.75) is 38.4 Å². The Bertz CT molecular complexity index is 630. The molecule has 2 heterocycles. The van der Waals surface area contributed by atoms with Crippen molar-refractivity contribution >= 4 is 16.7 Å². The number of anilines is 1. The zero-order valence-electron chi connectivity index (χ0n) is 11.7. The fourth-order valence-corrected chi connectivity index (χ4v) is 2.60. The van der Waals surface area contributed by atoms with Crippen molar-refractivity contribution in [1.29, 1.82) is 0 Å². The summed E-state index contributed by atoms with van der Waals surface area (Å²) in [4.78, 5) is 8.34. The van der Waals surface area contributed by atoms with E-state index in [4.69, 9.17) is 4.74 Å². The molecule has 0 spiro atoms. The Hall–Kier alpha value is -1.75. The van der Waals surface area contributed by atoms with Crippen LogP contribution in [-0.2, 0) is 4.74 Å². The predicted molar refractivity (Wildman–Crippen MR) is 76.2 cm³/mol. The number of rotatable bonds is 3. The standard InChI is InChI=1S/C15H18FN3O/c1-15(2)6-5-11(20-15)8-17-14-12-7-10(16)3-4-13(12)18-9-19-14/h3-4,7,9,11H,5-6,8H2,1-2H3,(H,17,18,19). The first-order valence-electron chi connectivity index (χ1n) is 6.85. The van der Waals surface area contributed by atoms with Crippen LogP contribution < -0.4 is 5.32 Å². The lowest BCUT2D eigenvalue weighted by atomic mass is 10.1. The molecule has 1 saturated heterocycles. The van der Waals surface area contributed by atoms with E-state index >= 15 is 0 Å². The van der Waals surface area contributed by atoms with Crippen LogP contribution in [0.2, 0.25) is 0 Å². The van der Waals surface area contributed by atoms with E-state index in [1.807, 2.05) is 0 Å². The number of ether oxygens (including phenoxy) is 1. The smallest absolute Gasteiger partial charge is 0.137 e. The highest BCUT2D eigenvalue weighted by atomic mass is 19.1. The number of benzene rings is 1. The Morgan fingerprint density at radius 3 is 3.00 bits per heavy atom. The van der Waals surface area contributed by atoms with E-state index in [0.29, 0.717) is 17.7 Å². The Balaban J connectivity index is 1.76. The third-order valence-electron chi connectivity index (χ3n) is 3.65. The zero-order valence-corrected chi connectivity index (χ0v) is 11.7. The van der Waals surface area contributed by atoms with Crippen LogP contribution in [0.15, 0.2) is 24.5 Å². The maximum Gasteiger partial charge on any atom is 0.137 e. The van der Waals surface area contributed by atoms with E-state index in [0.717, 1.165) is 18.4 Å². The fourth-order valence-electron chi connectivity index (χ4n) is 2.60. The Kier molecular flexibility index (Phi) is 3.30. The van der Waals surface area contributed by atoms with Crippen LogP contribution in [0.3, 0.4) is 0 Å². The molecule has 5 heteroatoms. The number of nitrogens with one attached hydrogen (secondary N) is 1. The van der Waals surface area contributed by atoms with Crippen LogP contribution in [0.25, 0.3) is 10.9 Å². The lowest BCUT2D eigenvalue weighted by molar-refractivity contribution is -0.00912. The van der Waals surface area contributed by atoms with Gasteiger partial charge in [-0.05, 0) is 44.9 Å². The van der Waals surface area contributed by atoms with Gasteiger partial charge in [0.1, 0.15) is 18.0 Å². The number of hydrogen-bond donors (Lipinski definition) is 1.